The Balaban J connectivity index is 1.64. The van der Waals surface area contributed by atoms with Gasteiger partial charge in [0.1, 0.15) is 11.9 Å². The van der Waals surface area contributed by atoms with Crippen LogP contribution in [0.2, 0.25) is 0 Å². The quantitative estimate of drug-likeness (QED) is 0.858. The zero-order valence-electron chi connectivity index (χ0n) is 13.6. The summed E-state index contributed by atoms with van der Waals surface area (Å²) in [5.41, 5.74) is 0.0903. The molecule has 0 saturated carbocycles. The summed E-state index contributed by atoms with van der Waals surface area (Å²) >= 11 is 0. The molecule has 1 unspecified atom stereocenters. The highest BCUT2D eigenvalue weighted by atomic mass is 19.1. The molecule has 2 heterocycles. The van der Waals surface area contributed by atoms with E-state index in [0.717, 1.165) is 0 Å². The maximum atomic E-state index is 13.8. The highest BCUT2D eigenvalue weighted by Crippen LogP contribution is 2.20. The molecule has 3 rings (SSSR count). The number of hydrogen-bond donors (Lipinski definition) is 0. The van der Waals surface area contributed by atoms with Crippen molar-refractivity contribution in [2.45, 2.75) is 12.5 Å². The summed E-state index contributed by atoms with van der Waals surface area (Å²) in [5.74, 6) is 0.305. The molecule has 6 nitrogen and oxygen atoms in total. The number of carbonyl (C=O) groups excluding carboxylic acids is 1. The minimum atomic E-state index is -0.503. The topological polar surface area (TPSA) is 58.6 Å². The van der Waals surface area contributed by atoms with Crippen LogP contribution in [0.15, 0.2) is 36.7 Å². The number of ether oxygens (including phenoxy) is 1. The average molecular weight is 330 g/mol. The third-order valence-corrected chi connectivity index (χ3v) is 3.88. The van der Waals surface area contributed by atoms with Crippen molar-refractivity contribution in [2.24, 2.45) is 0 Å². The van der Waals surface area contributed by atoms with E-state index >= 15 is 0 Å². The summed E-state index contributed by atoms with van der Waals surface area (Å²) in [6.07, 6.45) is 3.70. The SMILES string of the molecule is CN(C)c1cncc(OC2CCN(C(=O)c3ccccc3F)C2)n1. The average Bonchev–Trinajstić information content (AvgIpc) is 3.03. The number of rotatable bonds is 4. The van der Waals surface area contributed by atoms with E-state index in [0.29, 0.717) is 31.2 Å². The molecule has 1 atom stereocenters. The first-order valence-corrected chi connectivity index (χ1v) is 7.74. The molecule has 1 fully saturated rings. The second kappa shape index (κ2) is 6.82. The van der Waals surface area contributed by atoms with Crippen LogP contribution in [0.4, 0.5) is 10.2 Å². The van der Waals surface area contributed by atoms with E-state index in [4.69, 9.17) is 4.74 Å². The maximum absolute atomic E-state index is 13.8. The van der Waals surface area contributed by atoms with Crippen molar-refractivity contribution in [3.05, 3.63) is 48.0 Å². The van der Waals surface area contributed by atoms with Gasteiger partial charge in [0.2, 0.25) is 5.88 Å². The first kappa shape index (κ1) is 16.2. The lowest BCUT2D eigenvalue weighted by molar-refractivity contribution is 0.0766. The predicted molar refractivity (Wildman–Crippen MR) is 87.7 cm³/mol. The number of halogens is 1. The zero-order valence-corrected chi connectivity index (χ0v) is 13.6. The fourth-order valence-electron chi connectivity index (χ4n) is 2.60. The third kappa shape index (κ3) is 3.45. The van der Waals surface area contributed by atoms with Crippen LogP contribution >= 0.6 is 0 Å². The fraction of sp³-hybridized carbons (Fsp3) is 0.353. The van der Waals surface area contributed by atoms with E-state index in [2.05, 4.69) is 9.97 Å². The van der Waals surface area contributed by atoms with Crippen molar-refractivity contribution in [2.75, 3.05) is 32.1 Å². The first-order valence-electron chi connectivity index (χ1n) is 7.74. The molecule has 1 aromatic heterocycles. The summed E-state index contributed by atoms with van der Waals surface area (Å²) in [6.45, 7) is 0.930. The summed E-state index contributed by atoms with van der Waals surface area (Å²) in [7, 11) is 3.75. The summed E-state index contributed by atoms with van der Waals surface area (Å²) in [5, 5.41) is 0. The van der Waals surface area contributed by atoms with Crippen molar-refractivity contribution in [1.29, 1.82) is 0 Å². The molecule has 0 N–H and O–H groups in total. The van der Waals surface area contributed by atoms with Gasteiger partial charge in [-0.25, -0.2) is 4.39 Å². The van der Waals surface area contributed by atoms with Crippen molar-refractivity contribution >= 4 is 11.7 Å². The van der Waals surface area contributed by atoms with E-state index in [1.807, 2.05) is 19.0 Å². The number of likely N-dealkylation sites (tertiary alicyclic amines) is 1. The van der Waals surface area contributed by atoms with Crippen LogP contribution in [-0.2, 0) is 0 Å². The van der Waals surface area contributed by atoms with Crippen molar-refractivity contribution in [1.82, 2.24) is 14.9 Å². The van der Waals surface area contributed by atoms with Gasteiger partial charge in [-0.3, -0.25) is 9.78 Å². The standard InChI is InChI=1S/C17H19FN4O2/c1-21(2)15-9-19-10-16(20-15)24-12-7-8-22(11-12)17(23)13-5-3-4-6-14(13)18/h3-6,9-10,12H,7-8,11H2,1-2H3. The van der Waals surface area contributed by atoms with E-state index < -0.39 is 5.82 Å². The van der Waals surface area contributed by atoms with Gasteiger partial charge in [-0.1, -0.05) is 12.1 Å². The predicted octanol–water partition coefficient (Wildman–Crippen LogP) is 1.98. The van der Waals surface area contributed by atoms with Crippen LogP contribution in [-0.4, -0.2) is 54.1 Å². The Kier molecular flexibility index (Phi) is 4.59. The van der Waals surface area contributed by atoms with Gasteiger partial charge in [0, 0.05) is 27.1 Å². The lowest BCUT2D eigenvalue weighted by Gasteiger charge is -2.18. The largest absolute Gasteiger partial charge is 0.471 e. The van der Waals surface area contributed by atoms with E-state index in [9.17, 15) is 9.18 Å². The van der Waals surface area contributed by atoms with Gasteiger partial charge < -0.3 is 14.5 Å². The molecule has 1 aliphatic heterocycles. The molecule has 24 heavy (non-hydrogen) atoms. The van der Waals surface area contributed by atoms with Crippen LogP contribution < -0.4 is 9.64 Å². The molecule has 1 saturated heterocycles. The third-order valence-electron chi connectivity index (χ3n) is 3.88. The number of benzene rings is 1. The van der Waals surface area contributed by atoms with Gasteiger partial charge in [-0.15, -0.1) is 0 Å². The van der Waals surface area contributed by atoms with Crippen LogP contribution in [0, 0.1) is 5.82 Å². The number of carbonyl (C=O) groups is 1. The molecule has 126 valence electrons. The minimum Gasteiger partial charge on any atom is -0.471 e. The highest BCUT2D eigenvalue weighted by molar-refractivity contribution is 5.94. The lowest BCUT2D eigenvalue weighted by Crippen LogP contribution is -2.31. The fourth-order valence-corrected chi connectivity index (χ4v) is 2.60. The van der Waals surface area contributed by atoms with Crippen LogP contribution in [0.5, 0.6) is 5.88 Å². The highest BCUT2D eigenvalue weighted by Gasteiger charge is 2.29. The maximum Gasteiger partial charge on any atom is 0.256 e. The van der Waals surface area contributed by atoms with E-state index in [-0.39, 0.29) is 17.6 Å². The molecule has 0 bridgehead atoms. The second-order valence-electron chi connectivity index (χ2n) is 5.87. The van der Waals surface area contributed by atoms with Gasteiger partial charge in [-0.2, -0.15) is 4.98 Å². The number of aromatic nitrogens is 2. The Bertz CT molecular complexity index is 738. The first-order chi connectivity index (χ1) is 11.5. The number of anilines is 1. The molecular formula is C17H19FN4O2. The lowest BCUT2D eigenvalue weighted by atomic mass is 10.2. The molecule has 0 radical (unpaired) electrons. The van der Waals surface area contributed by atoms with Gasteiger partial charge in [-0.05, 0) is 12.1 Å². The number of hydrogen-bond acceptors (Lipinski definition) is 5. The van der Waals surface area contributed by atoms with Crippen molar-refractivity contribution in [3.8, 4) is 5.88 Å². The van der Waals surface area contributed by atoms with Crippen molar-refractivity contribution in [3.63, 3.8) is 0 Å². The molecule has 1 amide bonds. The minimum absolute atomic E-state index is 0.0903. The van der Waals surface area contributed by atoms with Crippen LogP contribution in [0.1, 0.15) is 16.8 Å². The van der Waals surface area contributed by atoms with E-state index in [1.165, 1.54) is 12.1 Å². The zero-order chi connectivity index (χ0) is 17.1. The summed E-state index contributed by atoms with van der Waals surface area (Å²) in [6, 6.07) is 6.01. The molecule has 7 heteroatoms. The Hall–Kier alpha value is -2.70. The van der Waals surface area contributed by atoms with Crippen LogP contribution in [0.3, 0.4) is 0 Å². The van der Waals surface area contributed by atoms with Gasteiger partial charge in [0.15, 0.2) is 5.82 Å². The van der Waals surface area contributed by atoms with Gasteiger partial charge in [0.05, 0.1) is 24.5 Å². The smallest absolute Gasteiger partial charge is 0.256 e. The molecule has 0 aliphatic carbocycles. The van der Waals surface area contributed by atoms with E-state index in [1.54, 1.807) is 29.4 Å². The second-order valence-corrected chi connectivity index (χ2v) is 5.87. The summed E-state index contributed by atoms with van der Waals surface area (Å²) in [4.78, 5) is 24.3. The Labute approximate surface area is 139 Å². The summed E-state index contributed by atoms with van der Waals surface area (Å²) < 4.78 is 19.6. The van der Waals surface area contributed by atoms with Crippen LogP contribution in [0.25, 0.3) is 0 Å². The van der Waals surface area contributed by atoms with Gasteiger partial charge in [0.25, 0.3) is 5.91 Å². The molecule has 1 aromatic carbocycles. The molecule has 1 aliphatic rings. The Morgan fingerprint density at radius 2 is 2.12 bits per heavy atom. The monoisotopic (exact) mass is 330 g/mol. The molecule has 2 aromatic rings. The number of amides is 1. The van der Waals surface area contributed by atoms with Crippen molar-refractivity contribution < 1.29 is 13.9 Å². The number of nitrogens with zero attached hydrogens (tertiary/aromatic N) is 4. The van der Waals surface area contributed by atoms with Gasteiger partial charge >= 0.3 is 0 Å². The normalized spacial score (nSPS) is 17.0. The Morgan fingerprint density at radius 3 is 2.88 bits per heavy atom. The Morgan fingerprint density at radius 1 is 1.33 bits per heavy atom. The molecule has 0 spiro atoms. The molecular weight excluding hydrogens is 311 g/mol.